The molecule has 0 N–H and O–H groups in total. The molecule has 0 aliphatic heterocycles. The molecule has 24 heavy (non-hydrogen) atoms. The quantitative estimate of drug-likeness (QED) is 0.601. The van der Waals surface area contributed by atoms with Crippen LogP contribution in [0.5, 0.6) is 0 Å². The summed E-state index contributed by atoms with van der Waals surface area (Å²) in [6.07, 6.45) is 0. The predicted octanol–water partition coefficient (Wildman–Crippen LogP) is 5.30. The SMILES string of the molecule is CC.Cc1cc2c(=O)n(-c3c(C)cccc3C)c(C)nc2cc1Cl. The van der Waals surface area contributed by atoms with Gasteiger partial charge in [0.15, 0.2) is 0 Å². The molecule has 3 nitrogen and oxygen atoms in total. The highest BCUT2D eigenvalue weighted by molar-refractivity contribution is 6.32. The van der Waals surface area contributed by atoms with Crippen molar-refractivity contribution in [2.24, 2.45) is 0 Å². The van der Waals surface area contributed by atoms with Gasteiger partial charge in [-0.1, -0.05) is 43.6 Å². The van der Waals surface area contributed by atoms with Crippen LogP contribution < -0.4 is 5.56 Å². The van der Waals surface area contributed by atoms with Crippen molar-refractivity contribution in [3.8, 4) is 5.69 Å². The first-order valence-corrected chi connectivity index (χ1v) is 8.54. The zero-order valence-corrected chi connectivity index (χ0v) is 15.8. The lowest BCUT2D eigenvalue weighted by Gasteiger charge is -2.16. The summed E-state index contributed by atoms with van der Waals surface area (Å²) in [7, 11) is 0. The van der Waals surface area contributed by atoms with Crippen molar-refractivity contribution in [2.75, 3.05) is 0 Å². The van der Waals surface area contributed by atoms with Crippen LogP contribution >= 0.6 is 11.6 Å². The summed E-state index contributed by atoms with van der Waals surface area (Å²) >= 11 is 6.15. The first-order chi connectivity index (χ1) is 11.4. The molecule has 0 radical (unpaired) electrons. The molecule has 0 amide bonds. The van der Waals surface area contributed by atoms with E-state index >= 15 is 0 Å². The van der Waals surface area contributed by atoms with Crippen LogP contribution in [0.2, 0.25) is 5.02 Å². The number of nitrogens with zero attached hydrogens (tertiary/aromatic N) is 2. The lowest BCUT2D eigenvalue weighted by molar-refractivity contribution is 0.880. The summed E-state index contributed by atoms with van der Waals surface area (Å²) < 4.78 is 1.69. The fraction of sp³-hybridized carbons (Fsp3) is 0.300. The van der Waals surface area contributed by atoms with Crippen LogP contribution in [-0.2, 0) is 0 Å². The summed E-state index contributed by atoms with van der Waals surface area (Å²) in [5, 5.41) is 1.22. The number of hydrogen-bond donors (Lipinski definition) is 0. The Labute approximate surface area is 147 Å². The Morgan fingerprint density at radius 3 is 2.12 bits per heavy atom. The number of halogens is 1. The van der Waals surface area contributed by atoms with Gasteiger partial charge in [-0.3, -0.25) is 9.36 Å². The number of hydrogen-bond acceptors (Lipinski definition) is 2. The molecule has 0 unspecified atom stereocenters. The maximum atomic E-state index is 13.0. The number of benzene rings is 2. The molecule has 1 heterocycles. The van der Waals surface area contributed by atoms with Gasteiger partial charge in [-0.25, -0.2) is 4.98 Å². The van der Waals surface area contributed by atoms with Crippen molar-refractivity contribution in [2.45, 2.75) is 41.5 Å². The van der Waals surface area contributed by atoms with E-state index in [0.29, 0.717) is 21.7 Å². The van der Waals surface area contributed by atoms with Crippen molar-refractivity contribution in [3.63, 3.8) is 0 Å². The minimum Gasteiger partial charge on any atom is -0.268 e. The molecule has 0 fully saturated rings. The highest BCUT2D eigenvalue weighted by atomic mass is 35.5. The molecule has 0 bridgehead atoms. The van der Waals surface area contributed by atoms with Crippen LogP contribution in [0.3, 0.4) is 0 Å². The van der Waals surface area contributed by atoms with Crippen LogP contribution in [0.1, 0.15) is 36.4 Å². The van der Waals surface area contributed by atoms with E-state index in [9.17, 15) is 4.79 Å². The van der Waals surface area contributed by atoms with Crippen molar-refractivity contribution in [1.82, 2.24) is 9.55 Å². The Hall–Kier alpha value is -2.13. The molecule has 0 aliphatic rings. The van der Waals surface area contributed by atoms with Gasteiger partial charge >= 0.3 is 0 Å². The summed E-state index contributed by atoms with van der Waals surface area (Å²) in [6.45, 7) is 11.8. The zero-order valence-electron chi connectivity index (χ0n) is 15.1. The molecular weight excluding hydrogens is 320 g/mol. The van der Waals surface area contributed by atoms with Gasteiger partial charge in [0.05, 0.1) is 16.6 Å². The molecule has 0 saturated carbocycles. The Balaban J connectivity index is 0.00000100. The Bertz CT molecular complexity index is 938. The summed E-state index contributed by atoms with van der Waals surface area (Å²) in [5.74, 6) is 0.662. The van der Waals surface area contributed by atoms with Gasteiger partial charge in [0, 0.05) is 5.02 Å². The van der Waals surface area contributed by atoms with E-state index in [1.54, 1.807) is 10.6 Å². The van der Waals surface area contributed by atoms with E-state index in [-0.39, 0.29) is 5.56 Å². The normalized spacial score (nSPS) is 10.5. The first kappa shape index (κ1) is 18.2. The van der Waals surface area contributed by atoms with E-state index in [1.807, 2.05) is 65.8 Å². The van der Waals surface area contributed by atoms with Gasteiger partial charge in [0.25, 0.3) is 5.56 Å². The minimum absolute atomic E-state index is 0.0559. The summed E-state index contributed by atoms with van der Waals surface area (Å²) in [6, 6.07) is 9.58. The van der Waals surface area contributed by atoms with Crippen molar-refractivity contribution in [1.29, 1.82) is 0 Å². The second-order valence-corrected chi connectivity index (χ2v) is 6.07. The third-order valence-electron chi connectivity index (χ3n) is 3.98. The standard InChI is InChI=1S/C18H17ClN2O.C2H6/c1-10-6-5-7-11(2)17(10)21-13(4)20-16-9-15(19)12(3)8-14(16)18(21)22;1-2/h5-9H,1-4H3;1-2H3. The largest absolute Gasteiger partial charge is 0.268 e. The van der Waals surface area contributed by atoms with Crippen LogP contribution in [0.25, 0.3) is 16.6 Å². The molecular formula is C20H23ClN2O. The van der Waals surface area contributed by atoms with Gasteiger partial charge in [0.2, 0.25) is 0 Å². The lowest BCUT2D eigenvalue weighted by Crippen LogP contribution is -2.24. The third-order valence-corrected chi connectivity index (χ3v) is 4.39. The van der Waals surface area contributed by atoms with Crippen LogP contribution in [0.15, 0.2) is 35.1 Å². The van der Waals surface area contributed by atoms with E-state index in [2.05, 4.69) is 4.98 Å². The van der Waals surface area contributed by atoms with Gasteiger partial charge in [-0.2, -0.15) is 0 Å². The predicted molar refractivity (Wildman–Crippen MR) is 103 cm³/mol. The molecule has 1 aromatic heterocycles. The number of aromatic nitrogens is 2. The van der Waals surface area contributed by atoms with E-state index in [1.165, 1.54) is 0 Å². The van der Waals surface area contributed by atoms with Crippen molar-refractivity contribution < 1.29 is 0 Å². The van der Waals surface area contributed by atoms with Crippen LogP contribution in [0, 0.1) is 27.7 Å². The average molecular weight is 343 g/mol. The fourth-order valence-electron chi connectivity index (χ4n) is 2.85. The van der Waals surface area contributed by atoms with Gasteiger partial charge in [-0.15, -0.1) is 0 Å². The minimum atomic E-state index is -0.0559. The van der Waals surface area contributed by atoms with E-state index in [0.717, 1.165) is 22.4 Å². The van der Waals surface area contributed by atoms with E-state index in [4.69, 9.17) is 11.6 Å². The Kier molecular flexibility index (Phi) is 5.45. The molecule has 3 aromatic rings. The van der Waals surface area contributed by atoms with Crippen LogP contribution in [0.4, 0.5) is 0 Å². The maximum absolute atomic E-state index is 13.0. The number of fused-ring (bicyclic) bond motifs is 1. The lowest BCUT2D eigenvalue weighted by atomic mass is 10.1. The molecule has 0 saturated heterocycles. The second kappa shape index (κ2) is 7.18. The fourth-order valence-corrected chi connectivity index (χ4v) is 3.01. The summed E-state index contributed by atoms with van der Waals surface area (Å²) in [4.78, 5) is 17.6. The molecule has 126 valence electrons. The Morgan fingerprint density at radius 2 is 1.54 bits per heavy atom. The summed E-state index contributed by atoms with van der Waals surface area (Å²) in [5.41, 5.74) is 4.48. The Morgan fingerprint density at radius 1 is 0.958 bits per heavy atom. The monoisotopic (exact) mass is 342 g/mol. The third kappa shape index (κ3) is 3.09. The topological polar surface area (TPSA) is 34.9 Å². The van der Waals surface area contributed by atoms with E-state index < -0.39 is 0 Å². The van der Waals surface area contributed by atoms with Gasteiger partial charge < -0.3 is 0 Å². The maximum Gasteiger partial charge on any atom is 0.265 e. The van der Waals surface area contributed by atoms with Crippen LogP contribution in [-0.4, -0.2) is 9.55 Å². The second-order valence-electron chi connectivity index (χ2n) is 5.66. The van der Waals surface area contributed by atoms with Gasteiger partial charge in [0.1, 0.15) is 5.82 Å². The highest BCUT2D eigenvalue weighted by Crippen LogP contribution is 2.23. The zero-order chi connectivity index (χ0) is 18.0. The number of para-hydroxylation sites is 1. The molecule has 2 aromatic carbocycles. The molecule has 0 aliphatic carbocycles. The number of aryl methyl sites for hydroxylation is 4. The number of rotatable bonds is 1. The van der Waals surface area contributed by atoms with Gasteiger partial charge in [-0.05, 0) is 56.5 Å². The molecule has 4 heteroatoms. The first-order valence-electron chi connectivity index (χ1n) is 8.16. The van der Waals surface area contributed by atoms with Crippen molar-refractivity contribution >= 4 is 22.5 Å². The smallest absolute Gasteiger partial charge is 0.265 e. The highest BCUT2D eigenvalue weighted by Gasteiger charge is 2.14. The molecule has 3 rings (SSSR count). The molecule has 0 spiro atoms. The van der Waals surface area contributed by atoms with Crippen molar-refractivity contribution in [3.05, 3.63) is 68.2 Å². The molecule has 0 atom stereocenters. The average Bonchev–Trinajstić information content (AvgIpc) is 2.54.